The molecule has 20 heavy (non-hydrogen) atoms. The molecule has 1 saturated carbocycles. The van der Waals surface area contributed by atoms with Crippen LogP contribution in [0.4, 0.5) is 0 Å². The van der Waals surface area contributed by atoms with Crippen LogP contribution in [-0.2, 0) is 16.0 Å². The molecule has 3 N–H and O–H groups in total. The molecule has 0 saturated heterocycles. The molecular weight excluding hydrogens is 274 g/mol. The summed E-state index contributed by atoms with van der Waals surface area (Å²) >= 11 is 1.59. The Labute approximate surface area is 123 Å². The maximum Gasteiger partial charge on any atom is 0.240 e. The highest BCUT2D eigenvalue weighted by Gasteiger charge is 2.62. The second kappa shape index (κ2) is 5.79. The fraction of sp³-hybridized carbons (Fsp3) is 0.714. The van der Waals surface area contributed by atoms with Crippen molar-refractivity contribution >= 4 is 17.2 Å². The van der Waals surface area contributed by atoms with Crippen LogP contribution in [0.5, 0.6) is 0 Å². The number of carbonyl (C=O) groups is 1. The monoisotopic (exact) mass is 297 g/mol. The topological polar surface area (TPSA) is 77.2 Å². The van der Waals surface area contributed by atoms with E-state index in [4.69, 9.17) is 10.5 Å². The summed E-state index contributed by atoms with van der Waals surface area (Å²) < 4.78 is 5.63. The first-order valence-corrected chi connectivity index (χ1v) is 7.87. The van der Waals surface area contributed by atoms with E-state index in [1.165, 1.54) is 0 Å². The zero-order valence-corrected chi connectivity index (χ0v) is 13.1. The Hall–Kier alpha value is -0.980. The van der Waals surface area contributed by atoms with Crippen molar-refractivity contribution in [1.29, 1.82) is 0 Å². The van der Waals surface area contributed by atoms with Crippen molar-refractivity contribution < 1.29 is 9.53 Å². The predicted octanol–water partition coefficient (Wildman–Crippen LogP) is 1.33. The van der Waals surface area contributed by atoms with E-state index in [-0.39, 0.29) is 17.4 Å². The lowest BCUT2D eigenvalue weighted by molar-refractivity contribution is -0.170. The van der Waals surface area contributed by atoms with Crippen LogP contribution < -0.4 is 11.1 Å². The number of nitrogens with one attached hydrogen (secondary N) is 1. The van der Waals surface area contributed by atoms with Crippen LogP contribution >= 0.6 is 11.3 Å². The molecule has 112 valence electrons. The van der Waals surface area contributed by atoms with Crippen molar-refractivity contribution in [2.24, 2.45) is 11.1 Å². The van der Waals surface area contributed by atoms with Gasteiger partial charge in [0.2, 0.25) is 5.91 Å². The molecule has 0 aliphatic heterocycles. The number of rotatable bonds is 6. The lowest BCUT2D eigenvalue weighted by Crippen LogP contribution is -2.75. The van der Waals surface area contributed by atoms with Gasteiger partial charge in [0.25, 0.3) is 0 Å². The summed E-state index contributed by atoms with van der Waals surface area (Å²) in [6.07, 6.45) is 3.15. The molecule has 1 aliphatic rings. The molecule has 6 heteroatoms. The Balaban J connectivity index is 1.86. The van der Waals surface area contributed by atoms with Gasteiger partial charge in [-0.2, -0.15) is 0 Å². The van der Waals surface area contributed by atoms with E-state index in [9.17, 15) is 4.79 Å². The molecule has 1 aromatic heterocycles. The third kappa shape index (κ3) is 2.60. The Morgan fingerprint density at radius 1 is 1.65 bits per heavy atom. The second-order valence-electron chi connectivity index (χ2n) is 5.77. The van der Waals surface area contributed by atoms with E-state index in [0.29, 0.717) is 19.6 Å². The molecule has 0 bridgehead atoms. The molecule has 1 amide bonds. The van der Waals surface area contributed by atoms with Crippen LogP contribution in [0.25, 0.3) is 0 Å². The van der Waals surface area contributed by atoms with Gasteiger partial charge in [-0.05, 0) is 6.92 Å². The van der Waals surface area contributed by atoms with Gasteiger partial charge in [-0.15, -0.1) is 11.3 Å². The van der Waals surface area contributed by atoms with Crippen molar-refractivity contribution in [3.63, 3.8) is 0 Å². The number of nitrogens with zero attached hydrogens (tertiary/aromatic N) is 1. The van der Waals surface area contributed by atoms with Crippen LogP contribution in [0.3, 0.4) is 0 Å². The van der Waals surface area contributed by atoms with Gasteiger partial charge >= 0.3 is 0 Å². The minimum Gasteiger partial charge on any atom is -0.378 e. The molecule has 1 heterocycles. The number of carbonyl (C=O) groups excluding carboxylic acids is 1. The molecule has 1 fully saturated rings. The number of thiazole rings is 1. The molecular formula is C14H23N3O2S. The zero-order valence-electron chi connectivity index (χ0n) is 12.3. The SMILES string of the molecule is CCOC1CC(N)(C(=O)NCCc2nccs2)C1(C)C. The quantitative estimate of drug-likeness (QED) is 0.830. The van der Waals surface area contributed by atoms with Crippen LogP contribution in [0.1, 0.15) is 32.2 Å². The molecule has 0 aromatic carbocycles. The highest BCUT2D eigenvalue weighted by molar-refractivity contribution is 7.09. The van der Waals surface area contributed by atoms with E-state index < -0.39 is 5.54 Å². The van der Waals surface area contributed by atoms with Crippen LogP contribution in [0.2, 0.25) is 0 Å². The molecule has 2 atom stereocenters. The van der Waals surface area contributed by atoms with E-state index in [1.807, 2.05) is 26.2 Å². The van der Waals surface area contributed by atoms with E-state index >= 15 is 0 Å². The summed E-state index contributed by atoms with van der Waals surface area (Å²) in [7, 11) is 0. The normalized spacial score (nSPS) is 27.9. The van der Waals surface area contributed by atoms with Gasteiger partial charge in [0.15, 0.2) is 0 Å². The predicted molar refractivity (Wildman–Crippen MR) is 79.6 cm³/mol. The van der Waals surface area contributed by atoms with Crippen molar-refractivity contribution in [2.45, 2.75) is 45.3 Å². The van der Waals surface area contributed by atoms with Crippen molar-refractivity contribution in [3.05, 3.63) is 16.6 Å². The highest BCUT2D eigenvalue weighted by Crippen LogP contribution is 2.49. The first-order chi connectivity index (χ1) is 9.41. The van der Waals surface area contributed by atoms with Crippen LogP contribution in [0.15, 0.2) is 11.6 Å². The number of hydrogen-bond donors (Lipinski definition) is 2. The van der Waals surface area contributed by atoms with Gasteiger partial charge in [-0.3, -0.25) is 4.79 Å². The second-order valence-corrected chi connectivity index (χ2v) is 6.75. The van der Waals surface area contributed by atoms with Crippen molar-refractivity contribution in [1.82, 2.24) is 10.3 Å². The number of aromatic nitrogens is 1. The fourth-order valence-corrected chi connectivity index (χ4v) is 3.26. The van der Waals surface area contributed by atoms with Crippen molar-refractivity contribution in [2.75, 3.05) is 13.2 Å². The van der Waals surface area contributed by atoms with Gasteiger partial charge in [0, 0.05) is 43.0 Å². The minimum absolute atomic E-state index is 0.0576. The van der Waals surface area contributed by atoms with Gasteiger partial charge in [-0.25, -0.2) is 4.98 Å². The Bertz CT molecular complexity index is 461. The summed E-state index contributed by atoms with van der Waals surface area (Å²) in [4.78, 5) is 16.5. The maximum absolute atomic E-state index is 12.3. The minimum atomic E-state index is -0.838. The van der Waals surface area contributed by atoms with E-state index in [2.05, 4.69) is 10.3 Å². The summed E-state index contributed by atoms with van der Waals surface area (Å²) in [6, 6.07) is 0. The lowest BCUT2D eigenvalue weighted by Gasteiger charge is -2.57. The summed E-state index contributed by atoms with van der Waals surface area (Å²) in [5.74, 6) is -0.0880. The van der Waals surface area contributed by atoms with Gasteiger partial charge in [-0.1, -0.05) is 13.8 Å². The summed E-state index contributed by atoms with van der Waals surface area (Å²) in [6.45, 7) is 7.17. The van der Waals surface area contributed by atoms with Gasteiger partial charge < -0.3 is 15.8 Å². The molecule has 0 radical (unpaired) electrons. The zero-order chi connectivity index (χ0) is 14.8. The number of ether oxygens (including phenoxy) is 1. The number of amides is 1. The number of nitrogens with two attached hydrogens (primary N) is 1. The molecule has 1 aliphatic carbocycles. The molecule has 2 rings (SSSR count). The van der Waals surface area contributed by atoms with E-state index in [1.54, 1.807) is 17.5 Å². The Morgan fingerprint density at radius 3 is 2.95 bits per heavy atom. The standard InChI is InChI=1S/C14H23N3O2S/c1-4-19-10-9-14(15,13(10,2)3)12(18)17-6-5-11-16-7-8-20-11/h7-8,10H,4-6,9,15H2,1-3H3,(H,17,18). The first-order valence-electron chi connectivity index (χ1n) is 6.99. The molecule has 5 nitrogen and oxygen atoms in total. The molecule has 0 spiro atoms. The smallest absolute Gasteiger partial charge is 0.240 e. The average molecular weight is 297 g/mol. The Morgan fingerprint density at radius 2 is 2.40 bits per heavy atom. The van der Waals surface area contributed by atoms with Gasteiger partial charge in [0.1, 0.15) is 5.54 Å². The fourth-order valence-electron chi connectivity index (χ4n) is 2.64. The van der Waals surface area contributed by atoms with Crippen molar-refractivity contribution in [3.8, 4) is 0 Å². The average Bonchev–Trinajstić information content (AvgIpc) is 2.91. The lowest BCUT2D eigenvalue weighted by atomic mass is 9.54. The van der Waals surface area contributed by atoms with Crippen LogP contribution in [-0.4, -0.2) is 35.7 Å². The summed E-state index contributed by atoms with van der Waals surface area (Å²) in [5, 5.41) is 5.89. The molecule has 2 unspecified atom stereocenters. The third-order valence-electron chi connectivity index (χ3n) is 4.34. The summed E-state index contributed by atoms with van der Waals surface area (Å²) in [5.41, 5.74) is 5.12. The Kier molecular flexibility index (Phi) is 4.46. The molecule has 1 aromatic rings. The largest absolute Gasteiger partial charge is 0.378 e. The third-order valence-corrected chi connectivity index (χ3v) is 5.18. The van der Waals surface area contributed by atoms with Crippen LogP contribution in [0, 0.1) is 5.41 Å². The van der Waals surface area contributed by atoms with E-state index in [0.717, 1.165) is 11.4 Å². The van der Waals surface area contributed by atoms with Gasteiger partial charge in [0.05, 0.1) is 11.1 Å². The highest BCUT2D eigenvalue weighted by atomic mass is 32.1. The maximum atomic E-state index is 12.3. The number of hydrogen-bond acceptors (Lipinski definition) is 5. The first kappa shape index (κ1) is 15.4.